The molecule has 0 amide bonds. The minimum absolute atomic E-state index is 0.0159. The molecule has 8 nitrogen and oxygen atoms in total. The van der Waals surface area contributed by atoms with Crippen molar-refractivity contribution in [3.63, 3.8) is 0 Å². The van der Waals surface area contributed by atoms with Crippen LogP contribution in [0.4, 0.5) is 20.4 Å². The lowest BCUT2D eigenvalue weighted by Gasteiger charge is -2.43. The average Bonchev–Trinajstić information content (AvgIpc) is 3.24. The number of rotatable bonds is 8. The standard InChI is InChI=1S/C26H30ClF2N5O3/c1-14-9-22(33-32-14)31-21-10-18(16(3)35)24(29)20(30-21)12-26(25(36)37)7-8-34(15(2)11-26)13-17-5-4-6-19(27)23(17)28/h4-6,9-10,15-16,35H,7-8,11-13H2,1-3H3,(H,36,37)(H2,30,31,32,33)/t15-,16?,26-/m1/s1. The van der Waals surface area contributed by atoms with Crippen LogP contribution in [0.5, 0.6) is 0 Å². The Kier molecular flexibility index (Phi) is 7.82. The van der Waals surface area contributed by atoms with Crippen molar-refractivity contribution in [1.82, 2.24) is 20.1 Å². The van der Waals surface area contributed by atoms with Gasteiger partial charge in [0.2, 0.25) is 0 Å². The summed E-state index contributed by atoms with van der Waals surface area (Å²) in [7, 11) is 0. The highest BCUT2D eigenvalue weighted by Crippen LogP contribution is 2.40. The molecule has 0 bridgehead atoms. The van der Waals surface area contributed by atoms with E-state index in [1.165, 1.54) is 19.1 Å². The molecule has 4 N–H and O–H groups in total. The summed E-state index contributed by atoms with van der Waals surface area (Å²) in [5.41, 5.74) is -0.0688. The fourth-order valence-electron chi connectivity index (χ4n) is 4.95. The van der Waals surface area contributed by atoms with Gasteiger partial charge in [0.25, 0.3) is 0 Å². The fourth-order valence-corrected chi connectivity index (χ4v) is 5.15. The number of hydrogen-bond acceptors (Lipinski definition) is 6. The van der Waals surface area contributed by atoms with Crippen molar-refractivity contribution in [2.45, 2.75) is 58.7 Å². The van der Waals surface area contributed by atoms with Crippen molar-refractivity contribution in [2.75, 3.05) is 11.9 Å². The van der Waals surface area contributed by atoms with Crippen LogP contribution in [0.25, 0.3) is 0 Å². The fraction of sp³-hybridized carbons (Fsp3) is 0.423. The van der Waals surface area contributed by atoms with Gasteiger partial charge in [0.05, 0.1) is 22.2 Å². The Labute approximate surface area is 218 Å². The average molecular weight is 534 g/mol. The van der Waals surface area contributed by atoms with Gasteiger partial charge in [-0.2, -0.15) is 5.10 Å². The van der Waals surface area contributed by atoms with Gasteiger partial charge in [0.15, 0.2) is 11.6 Å². The Morgan fingerprint density at radius 3 is 2.70 bits per heavy atom. The number of carboxylic acid groups (broad SMARTS) is 1. The number of aromatic nitrogens is 3. The molecule has 2 aromatic heterocycles. The second-order valence-electron chi connectivity index (χ2n) is 9.84. The molecule has 0 saturated carbocycles. The molecule has 37 heavy (non-hydrogen) atoms. The van der Waals surface area contributed by atoms with Gasteiger partial charge >= 0.3 is 5.97 Å². The van der Waals surface area contributed by atoms with Crippen molar-refractivity contribution in [3.8, 4) is 0 Å². The number of hydrogen-bond donors (Lipinski definition) is 4. The Morgan fingerprint density at radius 1 is 1.32 bits per heavy atom. The molecule has 3 aromatic rings. The second-order valence-corrected chi connectivity index (χ2v) is 10.3. The number of nitrogens with zero attached hydrogens (tertiary/aromatic N) is 3. The number of piperidine rings is 1. The zero-order valence-electron chi connectivity index (χ0n) is 20.9. The van der Waals surface area contributed by atoms with Crippen LogP contribution in [0.1, 0.15) is 55.3 Å². The molecular weight excluding hydrogens is 504 g/mol. The molecule has 0 aliphatic carbocycles. The first-order chi connectivity index (χ1) is 17.5. The number of aromatic amines is 1. The first-order valence-electron chi connectivity index (χ1n) is 12.1. The monoisotopic (exact) mass is 533 g/mol. The third-order valence-electron chi connectivity index (χ3n) is 7.02. The van der Waals surface area contributed by atoms with Crippen molar-refractivity contribution in [1.29, 1.82) is 0 Å². The number of benzene rings is 1. The summed E-state index contributed by atoms with van der Waals surface area (Å²) in [6, 6.07) is 7.72. The topological polar surface area (TPSA) is 114 Å². The molecule has 1 fully saturated rings. The quantitative estimate of drug-likeness (QED) is 0.317. The number of aliphatic hydroxyl groups is 1. The van der Waals surface area contributed by atoms with Crippen LogP contribution < -0.4 is 5.32 Å². The maximum atomic E-state index is 15.4. The molecule has 1 unspecified atom stereocenters. The third kappa shape index (κ3) is 5.76. The second kappa shape index (κ2) is 10.7. The van der Waals surface area contributed by atoms with Gasteiger partial charge in [0.1, 0.15) is 11.6 Å². The Balaban J connectivity index is 1.60. The van der Waals surface area contributed by atoms with Crippen molar-refractivity contribution in [3.05, 3.63) is 69.5 Å². The summed E-state index contributed by atoms with van der Waals surface area (Å²) >= 11 is 5.92. The van der Waals surface area contributed by atoms with Gasteiger partial charge < -0.3 is 15.5 Å². The van der Waals surface area contributed by atoms with Crippen LogP contribution >= 0.6 is 11.6 Å². The highest BCUT2D eigenvalue weighted by molar-refractivity contribution is 6.30. The van der Waals surface area contributed by atoms with Crippen molar-refractivity contribution in [2.24, 2.45) is 5.41 Å². The van der Waals surface area contributed by atoms with E-state index in [0.717, 1.165) is 5.69 Å². The van der Waals surface area contributed by atoms with E-state index < -0.39 is 29.1 Å². The van der Waals surface area contributed by atoms with Crippen LogP contribution in [0, 0.1) is 24.0 Å². The maximum Gasteiger partial charge on any atom is 0.310 e. The Bertz CT molecular complexity index is 1300. The van der Waals surface area contributed by atoms with Crippen LogP contribution in [-0.4, -0.2) is 48.9 Å². The lowest BCUT2D eigenvalue weighted by molar-refractivity contribution is -0.153. The lowest BCUT2D eigenvalue weighted by atomic mass is 9.72. The number of pyridine rings is 1. The highest BCUT2D eigenvalue weighted by Gasteiger charge is 2.45. The number of aliphatic carboxylic acids is 1. The molecule has 11 heteroatoms. The van der Waals surface area contributed by atoms with E-state index in [4.69, 9.17) is 11.6 Å². The van der Waals surface area contributed by atoms with E-state index in [9.17, 15) is 19.4 Å². The van der Waals surface area contributed by atoms with E-state index in [1.807, 2.05) is 18.7 Å². The smallest absolute Gasteiger partial charge is 0.310 e. The van der Waals surface area contributed by atoms with Crippen molar-refractivity contribution < 1.29 is 23.8 Å². The Hall–Kier alpha value is -3.08. The summed E-state index contributed by atoms with van der Waals surface area (Å²) in [5, 5.41) is 30.4. The summed E-state index contributed by atoms with van der Waals surface area (Å²) in [5.74, 6) is -1.55. The Morgan fingerprint density at radius 2 is 2.08 bits per heavy atom. The number of carbonyl (C=O) groups is 1. The first-order valence-corrected chi connectivity index (χ1v) is 12.4. The lowest BCUT2D eigenvalue weighted by Crippen LogP contribution is -2.50. The number of aliphatic hydroxyl groups excluding tert-OH is 1. The van der Waals surface area contributed by atoms with E-state index in [2.05, 4.69) is 20.5 Å². The summed E-state index contributed by atoms with van der Waals surface area (Å²) in [6.07, 6.45) is -0.855. The van der Waals surface area contributed by atoms with Crippen molar-refractivity contribution >= 4 is 29.2 Å². The van der Waals surface area contributed by atoms with E-state index >= 15 is 4.39 Å². The van der Waals surface area contributed by atoms with Crippen LogP contribution in [0.15, 0.2) is 30.3 Å². The molecule has 3 atom stereocenters. The molecule has 1 aromatic carbocycles. The minimum atomic E-state index is -1.28. The van der Waals surface area contributed by atoms with E-state index in [0.29, 0.717) is 17.9 Å². The van der Waals surface area contributed by atoms with E-state index in [1.54, 1.807) is 18.2 Å². The summed E-state index contributed by atoms with van der Waals surface area (Å²) in [4.78, 5) is 19.0. The largest absolute Gasteiger partial charge is 0.481 e. The number of carboxylic acids is 1. The number of anilines is 2. The molecule has 1 aliphatic rings. The number of aryl methyl sites for hydroxylation is 1. The third-order valence-corrected chi connectivity index (χ3v) is 7.31. The van der Waals surface area contributed by atoms with Gasteiger partial charge in [-0.15, -0.1) is 0 Å². The first kappa shape index (κ1) is 27.0. The van der Waals surface area contributed by atoms with Crippen LogP contribution in [-0.2, 0) is 17.8 Å². The predicted molar refractivity (Wildman–Crippen MR) is 136 cm³/mol. The molecule has 0 radical (unpaired) electrons. The van der Waals surface area contributed by atoms with Gasteiger partial charge in [-0.25, -0.2) is 13.8 Å². The predicted octanol–water partition coefficient (Wildman–Crippen LogP) is 5.14. The van der Waals surface area contributed by atoms with E-state index in [-0.39, 0.29) is 53.9 Å². The van der Waals surface area contributed by atoms with Crippen LogP contribution in [0.3, 0.4) is 0 Å². The zero-order valence-corrected chi connectivity index (χ0v) is 21.6. The molecule has 3 heterocycles. The molecule has 1 aliphatic heterocycles. The van der Waals surface area contributed by atoms with Gasteiger partial charge in [-0.3, -0.25) is 14.8 Å². The SMILES string of the molecule is Cc1cc(Nc2cc(C(C)O)c(F)c(C[C@@]3(C(=O)O)CCN(Cc4cccc(Cl)c4F)[C@H](C)C3)n2)n[nH]1. The molecule has 198 valence electrons. The van der Waals surface area contributed by atoms with Gasteiger partial charge in [-0.05, 0) is 52.3 Å². The zero-order chi connectivity index (χ0) is 26.9. The molecular formula is C26H30ClF2N5O3. The maximum absolute atomic E-state index is 15.4. The van der Waals surface area contributed by atoms with Crippen LogP contribution in [0.2, 0.25) is 5.02 Å². The highest BCUT2D eigenvalue weighted by atomic mass is 35.5. The summed E-state index contributed by atoms with van der Waals surface area (Å²) in [6.45, 7) is 5.79. The number of nitrogens with one attached hydrogen (secondary N) is 2. The number of H-pyrrole nitrogens is 1. The summed E-state index contributed by atoms with van der Waals surface area (Å²) < 4.78 is 29.9. The molecule has 1 saturated heterocycles. The number of halogens is 3. The molecule has 0 spiro atoms. The minimum Gasteiger partial charge on any atom is -0.481 e. The number of likely N-dealkylation sites (tertiary alicyclic amines) is 1. The van der Waals surface area contributed by atoms with Gasteiger partial charge in [-0.1, -0.05) is 23.7 Å². The van der Waals surface area contributed by atoms with Gasteiger partial charge in [0, 0.05) is 41.9 Å². The molecule has 4 rings (SSSR count). The normalized spacial score (nSPS) is 21.1.